The number of para-hydroxylation sites is 1. The SMILES string of the molecule is CCOCC(=O)N1CCC(C2C(Oc3ccccc3)CN2C(C)C)CC1. The van der Waals surface area contributed by atoms with E-state index >= 15 is 0 Å². The highest BCUT2D eigenvalue weighted by Crippen LogP contribution is 2.36. The number of piperidine rings is 1. The maximum absolute atomic E-state index is 12.2. The van der Waals surface area contributed by atoms with Crippen LogP contribution in [0.1, 0.15) is 33.6 Å². The molecule has 2 atom stereocenters. The van der Waals surface area contributed by atoms with Gasteiger partial charge in [0.25, 0.3) is 0 Å². The van der Waals surface area contributed by atoms with Crippen molar-refractivity contribution in [1.29, 1.82) is 0 Å². The van der Waals surface area contributed by atoms with Crippen LogP contribution in [0.2, 0.25) is 0 Å². The van der Waals surface area contributed by atoms with Crippen molar-refractivity contribution >= 4 is 5.91 Å². The highest BCUT2D eigenvalue weighted by atomic mass is 16.5. The summed E-state index contributed by atoms with van der Waals surface area (Å²) in [5.74, 6) is 1.66. The summed E-state index contributed by atoms with van der Waals surface area (Å²) in [5, 5.41) is 0. The van der Waals surface area contributed by atoms with Gasteiger partial charge < -0.3 is 14.4 Å². The van der Waals surface area contributed by atoms with Crippen molar-refractivity contribution in [2.24, 2.45) is 5.92 Å². The summed E-state index contributed by atoms with van der Waals surface area (Å²) >= 11 is 0. The van der Waals surface area contributed by atoms with Crippen molar-refractivity contribution in [2.75, 3.05) is 32.8 Å². The highest BCUT2D eigenvalue weighted by molar-refractivity contribution is 5.77. The molecule has 0 saturated carbocycles. The van der Waals surface area contributed by atoms with E-state index in [0.717, 1.165) is 38.2 Å². The lowest BCUT2D eigenvalue weighted by Gasteiger charge is -2.54. The molecule has 0 aromatic heterocycles. The number of amides is 1. The first-order valence-electron chi connectivity index (χ1n) is 9.93. The average Bonchev–Trinajstić information content (AvgIpc) is 2.64. The Morgan fingerprint density at radius 1 is 1.19 bits per heavy atom. The molecule has 2 fully saturated rings. The molecule has 2 aliphatic rings. The average molecular weight is 360 g/mol. The van der Waals surface area contributed by atoms with Crippen LogP contribution in [0.15, 0.2) is 30.3 Å². The van der Waals surface area contributed by atoms with E-state index in [-0.39, 0.29) is 18.6 Å². The fourth-order valence-corrected chi connectivity index (χ4v) is 4.19. The number of carbonyl (C=O) groups excluding carboxylic acids is 1. The standard InChI is InChI=1S/C21H32N2O3/c1-4-25-15-20(24)22-12-10-17(11-13-22)21-19(14-23(21)16(2)3)26-18-8-6-5-7-9-18/h5-9,16-17,19,21H,4,10-15H2,1-3H3. The van der Waals surface area contributed by atoms with E-state index in [1.807, 2.05) is 42.2 Å². The van der Waals surface area contributed by atoms with E-state index in [1.165, 1.54) is 0 Å². The minimum atomic E-state index is 0.122. The molecule has 5 nitrogen and oxygen atoms in total. The second-order valence-electron chi connectivity index (χ2n) is 7.61. The van der Waals surface area contributed by atoms with E-state index in [9.17, 15) is 4.79 Å². The first-order chi connectivity index (χ1) is 12.6. The number of nitrogens with zero attached hydrogens (tertiary/aromatic N) is 2. The monoisotopic (exact) mass is 360 g/mol. The van der Waals surface area contributed by atoms with E-state index in [0.29, 0.717) is 24.6 Å². The minimum Gasteiger partial charge on any atom is -0.487 e. The Kier molecular flexibility index (Phi) is 6.54. The van der Waals surface area contributed by atoms with Crippen molar-refractivity contribution in [3.05, 3.63) is 30.3 Å². The molecule has 5 heteroatoms. The molecule has 1 aromatic carbocycles. The predicted molar refractivity (Wildman–Crippen MR) is 102 cm³/mol. The number of likely N-dealkylation sites (tertiary alicyclic amines) is 2. The molecule has 2 saturated heterocycles. The zero-order chi connectivity index (χ0) is 18.5. The van der Waals surface area contributed by atoms with Crippen molar-refractivity contribution < 1.29 is 14.3 Å². The molecule has 1 aromatic rings. The summed E-state index contributed by atoms with van der Waals surface area (Å²) in [6.07, 6.45) is 2.33. The molecule has 0 spiro atoms. The third kappa shape index (κ3) is 4.38. The number of ether oxygens (including phenoxy) is 2. The van der Waals surface area contributed by atoms with Crippen LogP contribution in [0, 0.1) is 5.92 Å². The fraction of sp³-hybridized carbons (Fsp3) is 0.667. The van der Waals surface area contributed by atoms with E-state index in [2.05, 4.69) is 18.7 Å². The first-order valence-corrected chi connectivity index (χ1v) is 9.93. The molecule has 0 aliphatic carbocycles. The van der Waals surface area contributed by atoms with Gasteiger partial charge in [0.1, 0.15) is 18.5 Å². The molecule has 0 bridgehead atoms. The van der Waals surface area contributed by atoms with Crippen LogP contribution in [0.25, 0.3) is 0 Å². The molecule has 144 valence electrons. The van der Waals surface area contributed by atoms with Gasteiger partial charge in [-0.15, -0.1) is 0 Å². The lowest BCUT2D eigenvalue weighted by molar-refractivity contribution is -0.140. The number of rotatable bonds is 7. The van der Waals surface area contributed by atoms with E-state index in [4.69, 9.17) is 9.47 Å². The molecule has 26 heavy (non-hydrogen) atoms. The van der Waals surface area contributed by atoms with Crippen molar-refractivity contribution in [2.45, 2.75) is 51.8 Å². The van der Waals surface area contributed by atoms with Gasteiger partial charge in [-0.1, -0.05) is 18.2 Å². The van der Waals surface area contributed by atoms with Gasteiger partial charge in [-0.2, -0.15) is 0 Å². The summed E-state index contributed by atoms with van der Waals surface area (Å²) in [7, 11) is 0. The van der Waals surface area contributed by atoms with Gasteiger partial charge in [0, 0.05) is 32.3 Å². The number of hydrogen-bond acceptors (Lipinski definition) is 4. The van der Waals surface area contributed by atoms with Crippen molar-refractivity contribution in [3.8, 4) is 5.75 Å². The fourth-order valence-electron chi connectivity index (χ4n) is 4.19. The first kappa shape index (κ1) is 19.2. The lowest BCUT2D eigenvalue weighted by atomic mass is 9.79. The van der Waals surface area contributed by atoms with Crippen LogP contribution in [-0.4, -0.2) is 66.7 Å². The quantitative estimate of drug-likeness (QED) is 0.750. The smallest absolute Gasteiger partial charge is 0.248 e. The van der Waals surface area contributed by atoms with Crippen LogP contribution >= 0.6 is 0 Å². The normalized spacial score (nSPS) is 24.5. The maximum atomic E-state index is 12.2. The van der Waals surface area contributed by atoms with Gasteiger partial charge in [0.15, 0.2) is 0 Å². The predicted octanol–water partition coefficient (Wildman–Crippen LogP) is 2.80. The second kappa shape index (κ2) is 8.87. The van der Waals surface area contributed by atoms with Crippen LogP contribution in [0.5, 0.6) is 5.75 Å². The zero-order valence-electron chi connectivity index (χ0n) is 16.3. The summed E-state index contributed by atoms with van der Waals surface area (Å²) in [6.45, 7) is 9.88. The Hall–Kier alpha value is -1.59. The van der Waals surface area contributed by atoms with Gasteiger partial charge in [0.2, 0.25) is 5.91 Å². The second-order valence-corrected chi connectivity index (χ2v) is 7.61. The summed E-state index contributed by atoms with van der Waals surface area (Å²) in [6, 6.07) is 11.1. The molecule has 0 radical (unpaired) electrons. The molecular weight excluding hydrogens is 328 g/mol. The molecule has 2 aliphatic heterocycles. The number of carbonyl (C=O) groups is 1. The maximum Gasteiger partial charge on any atom is 0.248 e. The van der Waals surface area contributed by atoms with Gasteiger partial charge >= 0.3 is 0 Å². The van der Waals surface area contributed by atoms with Crippen LogP contribution in [0.4, 0.5) is 0 Å². The van der Waals surface area contributed by atoms with Gasteiger partial charge in [0.05, 0.1) is 6.04 Å². The molecular formula is C21H32N2O3. The Morgan fingerprint density at radius 3 is 2.50 bits per heavy atom. The summed E-state index contributed by atoms with van der Waals surface area (Å²) in [4.78, 5) is 16.7. The van der Waals surface area contributed by atoms with Gasteiger partial charge in [-0.05, 0) is 51.7 Å². The molecule has 1 amide bonds. The lowest BCUT2D eigenvalue weighted by Crippen LogP contribution is -2.68. The van der Waals surface area contributed by atoms with E-state index < -0.39 is 0 Å². The number of hydrogen-bond donors (Lipinski definition) is 0. The third-order valence-electron chi connectivity index (χ3n) is 5.65. The van der Waals surface area contributed by atoms with Crippen molar-refractivity contribution in [3.63, 3.8) is 0 Å². The largest absolute Gasteiger partial charge is 0.487 e. The van der Waals surface area contributed by atoms with Crippen molar-refractivity contribution in [1.82, 2.24) is 9.80 Å². The third-order valence-corrected chi connectivity index (χ3v) is 5.65. The number of benzene rings is 1. The molecule has 2 heterocycles. The van der Waals surface area contributed by atoms with Gasteiger partial charge in [-0.25, -0.2) is 0 Å². The van der Waals surface area contributed by atoms with Crippen LogP contribution < -0.4 is 4.74 Å². The van der Waals surface area contributed by atoms with Crippen LogP contribution in [0.3, 0.4) is 0 Å². The Balaban J connectivity index is 1.57. The highest BCUT2D eigenvalue weighted by Gasteiger charge is 2.47. The Morgan fingerprint density at radius 2 is 1.88 bits per heavy atom. The molecule has 2 unspecified atom stereocenters. The zero-order valence-corrected chi connectivity index (χ0v) is 16.3. The summed E-state index contributed by atoms with van der Waals surface area (Å²) in [5.41, 5.74) is 0. The molecule has 0 N–H and O–H groups in total. The van der Waals surface area contributed by atoms with Gasteiger partial charge in [-0.3, -0.25) is 9.69 Å². The Bertz CT molecular complexity index is 570. The topological polar surface area (TPSA) is 42.0 Å². The minimum absolute atomic E-state index is 0.122. The van der Waals surface area contributed by atoms with Crippen LogP contribution in [-0.2, 0) is 9.53 Å². The Labute approximate surface area is 157 Å². The van der Waals surface area contributed by atoms with E-state index in [1.54, 1.807) is 0 Å². The molecule has 3 rings (SSSR count). The summed E-state index contributed by atoms with van der Waals surface area (Å²) < 4.78 is 11.5.